The van der Waals surface area contributed by atoms with Gasteiger partial charge in [-0.05, 0) is 25.7 Å². The minimum Gasteiger partial charge on any atom is -0.481 e. The third-order valence-corrected chi connectivity index (χ3v) is 4.15. The smallest absolute Gasteiger partial charge is 0.308 e. The van der Waals surface area contributed by atoms with E-state index in [-0.39, 0.29) is 18.4 Å². The maximum atomic E-state index is 12.0. The van der Waals surface area contributed by atoms with E-state index in [1.54, 1.807) is 0 Å². The molecule has 0 aromatic rings. The summed E-state index contributed by atoms with van der Waals surface area (Å²) >= 11 is 0. The van der Waals surface area contributed by atoms with E-state index in [9.17, 15) is 9.59 Å². The van der Waals surface area contributed by atoms with Gasteiger partial charge < -0.3 is 15.7 Å². The largest absolute Gasteiger partial charge is 0.481 e. The van der Waals surface area contributed by atoms with Crippen molar-refractivity contribution in [1.29, 1.82) is 0 Å². The molecule has 2 aliphatic heterocycles. The van der Waals surface area contributed by atoms with Gasteiger partial charge in [0, 0.05) is 18.6 Å². The van der Waals surface area contributed by atoms with Crippen molar-refractivity contribution in [2.24, 2.45) is 11.8 Å². The molecule has 0 radical (unpaired) electrons. The Kier molecular flexibility index (Phi) is 4.22. The summed E-state index contributed by atoms with van der Waals surface area (Å²) in [5, 5.41) is 15.3. The highest BCUT2D eigenvalue weighted by molar-refractivity contribution is 5.81. The minimum atomic E-state index is -0.816. The van der Waals surface area contributed by atoms with E-state index in [4.69, 9.17) is 5.11 Å². The first kappa shape index (κ1) is 13.3. The molecule has 4 atom stereocenters. The zero-order valence-electron chi connectivity index (χ0n) is 10.8. The van der Waals surface area contributed by atoms with Crippen LogP contribution in [0.1, 0.15) is 39.0 Å². The molecule has 2 saturated heterocycles. The summed E-state index contributed by atoms with van der Waals surface area (Å²) in [7, 11) is 0. The number of fused-ring (bicyclic) bond motifs is 2. The normalized spacial score (nSPS) is 31.3. The van der Waals surface area contributed by atoms with E-state index >= 15 is 0 Å². The van der Waals surface area contributed by atoms with Crippen molar-refractivity contribution in [2.45, 2.75) is 51.1 Å². The topological polar surface area (TPSA) is 78.4 Å². The maximum Gasteiger partial charge on any atom is 0.308 e. The Bertz CT molecular complexity index is 332. The Morgan fingerprint density at radius 3 is 2.72 bits per heavy atom. The summed E-state index contributed by atoms with van der Waals surface area (Å²) in [5.41, 5.74) is 0. The van der Waals surface area contributed by atoms with Gasteiger partial charge in [0.2, 0.25) is 5.91 Å². The highest BCUT2D eigenvalue weighted by Crippen LogP contribution is 2.33. The van der Waals surface area contributed by atoms with E-state index in [0.29, 0.717) is 18.5 Å². The molecule has 2 heterocycles. The Morgan fingerprint density at radius 2 is 2.22 bits per heavy atom. The van der Waals surface area contributed by atoms with Crippen LogP contribution in [0.15, 0.2) is 0 Å². The Morgan fingerprint density at radius 1 is 1.44 bits per heavy atom. The molecule has 3 N–H and O–H groups in total. The monoisotopic (exact) mass is 254 g/mol. The van der Waals surface area contributed by atoms with E-state index < -0.39 is 11.9 Å². The number of amides is 1. The van der Waals surface area contributed by atoms with E-state index in [0.717, 1.165) is 19.3 Å². The minimum absolute atomic E-state index is 0.0250. The molecule has 2 bridgehead atoms. The fraction of sp³-hybridized carbons (Fsp3) is 0.846. The van der Waals surface area contributed by atoms with Crippen molar-refractivity contribution < 1.29 is 14.7 Å². The van der Waals surface area contributed by atoms with Crippen LogP contribution in [0.5, 0.6) is 0 Å². The maximum absolute atomic E-state index is 12.0. The molecular formula is C13H22N2O3. The van der Waals surface area contributed by atoms with Gasteiger partial charge in [0.15, 0.2) is 0 Å². The van der Waals surface area contributed by atoms with Crippen LogP contribution in [-0.2, 0) is 9.59 Å². The van der Waals surface area contributed by atoms with Gasteiger partial charge in [-0.1, -0.05) is 13.3 Å². The summed E-state index contributed by atoms with van der Waals surface area (Å²) in [6, 6.07) is 0.807. The lowest BCUT2D eigenvalue weighted by Crippen LogP contribution is -2.40. The molecule has 0 spiro atoms. The van der Waals surface area contributed by atoms with Crippen LogP contribution in [0.4, 0.5) is 0 Å². The molecule has 5 nitrogen and oxygen atoms in total. The molecule has 5 heteroatoms. The van der Waals surface area contributed by atoms with E-state index in [2.05, 4.69) is 10.6 Å². The lowest BCUT2D eigenvalue weighted by Gasteiger charge is -2.20. The van der Waals surface area contributed by atoms with Crippen molar-refractivity contribution in [3.05, 3.63) is 0 Å². The van der Waals surface area contributed by atoms with Crippen molar-refractivity contribution >= 4 is 11.9 Å². The lowest BCUT2D eigenvalue weighted by molar-refractivity contribution is -0.142. The number of carboxylic acids is 1. The highest BCUT2D eigenvalue weighted by Gasteiger charge is 2.42. The molecule has 1 amide bonds. The lowest BCUT2D eigenvalue weighted by atomic mass is 9.88. The number of nitrogens with one attached hydrogen (secondary N) is 2. The molecule has 2 fully saturated rings. The van der Waals surface area contributed by atoms with Gasteiger partial charge >= 0.3 is 5.97 Å². The van der Waals surface area contributed by atoms with Crippen molar-refractivity contribution in [2.75, 3.05) is 6.54 Å². The van der Waals surface area contributed by atoms with Crippen LogP contribution < -0.4 is 10.6 Å². The van der Waals surface area contributed by atoms with E-state index in [1.807, 2.05) is 6.92 Å². The fourth-order valence-electron chi connectivity index (χ4n) is 3.13. The molecule has 0 aliphatic carbocycles. The standard InChI is InChI=1S/C13H22N2O3/c1-2-3-8(13(17)18)7-14-12(16)10-6-9-4-5-11(10)15-9/h8-11,15H,2-7H2,1H3,(H,14,16)(H,17,18). The second-order valence-electron chi connectivity index (χ2n) is 5.46. The van der Waals surface area contributed by atoms with Crippen molar-refractivity contribution in [1.82, 2.24) is 10.6 Å². The van der Waals surface area contributed by atoms with Crippen LogP contribution >= 0.6 is 0 Å². The predicted molar refractivity (Wildman–Crippen MR) is 67.1 cm³/mol. The molecule has 2 rings (SSSR count). The number of aliphatic carboxylic acids is 1. The molecule has 102 valence electrons. The number of hydrogen-bond donors (Lipinski definition) is 3. The third-order valence-electron chi connectivity index (χ3n) is 4.15. The zero-order chi connectivity index (χ0) is 13.1. The SMILES string of the molecule is CCCC(CNC(=O)C1CC2CCC1N2)C(=O)O. The number of hydrogen-bond acceptors (Lipinski definition) is 3. The van der Waals surface area contributed by atoms with Crippen LogP contribution in [0.2, 0.25) is 0 Å². The second kappa shape index (κ2) is 5.69. The summed E-state index contributed by atoms with van der Waals surface area (Å²) in [5.74, 6) is -1.20. The number of carboxylic acid groups (broad SMARTS) is 1. The predicted octanol–water partition coefficient (Wildman–Crippen LogP) is 0.744. The first-order valence-electron chi connectivity index (χ1n) is 6.88. The van der Waals surface area contributed by atoms with Crippen LogP contribution in [0.3, 0.4) is 0 Å². The summed E-state index contributed by atoms with van der Waals surface area (Å²) < 4.78 is 0. The number of carbonyl (C=O) groups is 2. The Balaban J connectivity index is 1.79. The summed E-state index contributed by atoms with van der Waals surface area (Å²) in [6.45, 7) is 2.22. The first-order chi connectivity index (χ1) is 8.61. The average molecular weight is 254 g/mol. The summed E-state index contributed by atoms with van der Waals surface area (Å²) in [4.78, 5) is 23.0. The molecule has 0 aromatic heterocycles. The van der Waals surface area contributed by atoms with Crippen LogP contribution in [0, 0.1) is 11.8 Å². The highest BCUT2D eigenvalue weighted by atomic mass is 16.4. The van der Waals surface area contributed by atoms with Crippen LogP contribution in [0.25, 0.3) is 0 Å². The first-order valence-corrected chi connectivity index (χ1v) is 6.88. The third kappa shape index (κ3) is 2.83. The van der Waals surface area contributed by atoms with Gasteiger partial charge in [-0.15, -0.1) is 0 Å². The second-order valence-corrected chi connectivity index (χ2v) is 5.46. The molecular weight excluding hydrogens is 232 g/mol. The van der Waals surface area contributed by atoms with Gasteiger partial charge in [-0.3, -0.25) is 9.59 Å². The zero-order valence-corrected chi connectivity index (χ0v) is 10.8. The van der Waals surface area contributed by atoms with Crippen molar-refractivity contribution in [3.63, 3.8) is 0 Å². The molecule has 0 saturated carbocycles. The molecule has 0 aromatic carbocycles. The Hall–Kier alpha value is -1.10. The van der Waals surface area contributed by atoms with Crippen LogP contribution in [-0.4, -0.2) is 35.6 Å². The molecule has 2 aliphatic rings. The van der Waals surface area contributed by atoms with Gasteiger partial charge in [-0.2, -0.15) is 0 Å². The molecule has 18 heavy (non-hydrogen) atoms. The molecule has 4 unspecified atom stereocenters. The van der Waals surface area contributed by atoms with Gasteiger partial charge in [0.25, 0.3) is 0 Å². The Labute approximate surface area is 107 Å². The number of carbonyl (C=O) groups excluding carboxylic acids is 1. The van der Waals surface area contributed by atoms with Crippen molar-refractivity contribution in [3.8, 4) is 0 Å². The quantitative estimate of drug-likeness (QED) is 0.653. The number of rotatable bonds is 6. The van der Waals surface area contributed by atoms with E-state index in [1.165, 1.54) is 6.42 Å². The average Bonchev–Trinajstić information content (AvgIpc) is 2.95. The van der Waals surface area contributed by atoms with Gasteiger partial charge in [-0.25, -0.2) is 0 Å². The summed E-state index contributed by atoms with van der Waals surface area (Å²) in [6.07, 6.45) is 4.58. The fourth-order valence-corrected chi connectivity index (χ4v) is 3.13. The van der Waals surface area contributed by atoms with Gasteiger partial charge in [0.1, 0.15) is 0 Å². The van der Waals surface area contributed by atoms with Gasteiger partial charge in [0.05, 0.1) is 11.8 Å².